The number of hydrogen-bond acceptors (Lipinski definition) is 3. The fourth-order valence-corrected chi connectivity index (χ4v) is 3.63. The lowest BCUT2D eigenvalue weighted by molar-refractivity contribution is -0.146. The highest BCUT2D eigenvalue weighted by Crippen LogP contribution is 2.26. The Hall–Kier alpha value is -1.39. The van der Waals surface area contributed by atoms with Gasteiger partial charge in [0, 0.05) is 19.1 Å². The van der Waals surface area contributed by atoms with Crippen LogP contribution in [-0.2, 0) is 16.0 Å². The Kier molecular flexibility index (Phi) is 5.11. The van der Waals surface area contributed by atoms with Crippen LogP contribution in [0.5, 0.6) is 0 Å². The topological polar surface area (TPSA) is 55.6 Å². The summed E-state index contributed by atoms with van der Waals surface area (Å²) in [5.74, 6) is 0.177. The molecule has 2 aliphatic heterocycles. The number of carbonyl (C=O) groups is 1. The van der Waals surface area contributed by atoms with Gasteiger partial charge in [-0.2, -0.15) is 0 Å². The second-order valence-corrected chi connectivity index (χ2v) is 6.43. The number of ether oxygens (including phenoxy) is 1. The molecule has 3 rings (SSSR count). The highest BCUT2D eigenvalue weighted by molar-refractivity contribution is 5.81. The molecule has 0 spiro atoms. The van der Waals surface area contributed by atoms with Crippen molar-refractivity contribution in [3.05, 3.63) is 35.9 Å². The average molecular weight is 302 g/mol. The summed E-state index contributed by atoms with van der Waals surface area (Å²) in [5.41, 5.74) is 6.96. The number of likely N-dealkylation sites (tertiary alicyclic amines) is 1. The Morgan fingerprint density at radius 3 is 2.73 bits per heavy atom. The second kappa shape index (κ2) is 7.25. The molecule has 2 aliphatic rings. The smallest absolute Gasteiger partial charge is 0.251 e. The molecule has 1 amide bonds. The summed E-state index contributed by atoms with van der Waals surface area (Å²) in [6, 6.07) is 10.8. The molecule has 4 heteroatoms. The van der Waals surface area contributed by atoms with E-state index >= 15 is 0 Å². The monoisotopic (exact) mass is 302 g/mol. The van der Waals surface area contributed by atoms with Crippen LogP contribution < -0.4 is 5.73 Å². The minimum atomic E-state index is -0.273. The van der Waals surface area contributed by atoms with Crippen LogP contribution in [0.25, 0.3) is 0 Å². The summed E-state index contributed by atoms with van der Waals surface area (Å²) in [6.45, 7) is 1.38. The van der Waals surface area contributed by atoms with E-state index in [2.05, 4.69) is 29.2 Å². The Balaban J connectivity index is 1.66. The largest absolute Gasteiger partial charge is 0.364 e. The minimum absolute atomic E-state index is 0.0614. The third-order valence-electron chi connectivity index (χ3n) is 4.87. The van der Waals surface area contributed by atoms with Crippen molar-refractivity contribution in [2.24, 2.45) is 5.73 Å². The summed E-state index contributed by atoms with van der Waals surface area (Å²) in [7, 11) is 0. The van der Waals surface area contributed by atoms with Crippen LogP contribution in [0, 0.1) is 0 Å². The van der Waals surface area contributed by atoms with Crippen LogP contribution in [0.1, 0.15) is 37.7 Å². The van der Waals surface area contributed by atoms with E-state index in [1.54, 1.807) is 0 Å². The molecule has 1 aromatic rings. The first-order valence-corrected chi connectivity index (χ1v) is 8.48. The predicted octanol–water partition coefficient (Wildman–Crippen LogP) is 2.12. The van der Waals surface area contributed by atoms with Gasteiger partial charge in [-0.3, -0.25) is 4.79 Å². The van der Waals surface area contributed by atoms with Crippen molar-refractivity contribution in [1.82, 2.24) is 4.90 Å². The van der Waals surface area contributed by atoms with Crippen molar-refractivity contribution in [2.75, 3.05) is 13.1 Å². The van der Waals surface area contributed by atoms with Gasteiger partial charge >= 0.3 is 0 Å². The summed E-state index contributed by atoms with van der Waals surface area (Å²) in [6.07, 6.45) is 5.85. The van der Waals surface area contributed by atoms with Crippen LogP contribution in [-0.4, -0.2) is 42.1 Å². The van der Waals surface area contributed by atoms with Gasteiger partial charge in [0.1, 0.15) is 6.10 Å². The first kappa shape index (κ1) is 15.5. The number of nitrogens with two attached hydrogens (primary N) is 1. The summed E-state index contributed by atoms with van der Waals surface area (Å²) in [4.78, 5) is 14.9. The van der Waals surface area contributed by atoms with Gasteiger partial charge < -0.3 is 15.4 Å². The van der Waals surface area contributed by atoms with E-state index in [0.717, 1.165) is 38.6 Å². The van der Waals surface area contributed by atoms with E-state index in [1.807, 2.05) is 6.07 Å². The second-order valence-electron chi connectivity index (χ2n) is 6.43. The molecule has 3 atom stereocenters. The molecule has 2 fully saturated rings. The summed E-state index contributed by atoms with van der Waals surface area (Å²) >= 11 is 0. The fourth-order valence-electron chi connectivity index (χ4n) is 3.63. The van der Waals surface area contributed by atoms with Gasteiger partial charge in [0.2, 0.25) is 0 Å². The van der Waals surface area contributed by atoms with Gasteiger partial charge in [-0.1, -0.05) is 30.3 Å². The minimum Gasteiger partial charge on any atom is -0.364 e. The van der Waals surface area contributed by atoms with Crippen LogP contribution in [0.3, 0.4) is 0 Å². The predicted molar refractivity (Wildman–Crippen MR) is 86.4 cm³/mol. The average Bonchev–Trinajstić information content (AvgIpc) is 3.05. The van der Waals surface area contributed by atoms with Crippen LogP contribution in [0.15, 0.2) is 30.3 Å². The SMILES string of the molecule is NC[C@H]1CC[C@@H](C(=O)N2CCCCC2Cc2ccccc2)O1. The molecule has 22 heavy (non-hydrogen) atoms. The molecule has 120 valence electrons. The standard InChI is InChI=1S/C18H26N2O2/c19-13-16-9-10-17(22-16)18(21)20-11-5-4-8-15(20)12-14-6-2-1-3-7-14/h1-3,6-7,15-17H,4-5,8-13,19H2/t15?,16-,17+/m1/s1. The highest BCUT2D eigenvalue weighted by Gasteiger charge is 2.36. The number of amides is 1. The van der Waals surface area contributed by atoms with E-state index < -0.39 is 0 Å². The molecule has 4 nitrogen and oxygen atoms in total. The van der Waals surface area contributed by atoms with Gasteiger partial charge in [-0.15, -0.1) is 0 Å². The molecule has 1 unspecified atom stereocenters. The molecule has 2 heterocycles. The number of benzene rings is 1. The molecule has 2 saturated heterocycles. The molecule has 0 radical (unpaired) electrons. The molecule has 0 bridgehead atoms. The van der Waals surface area contributed by atoms with Crippen molar-refractivity contribution in [3.63, 3.8) is 0 Å². The van der Waals surface area contributed by atoms with Crippen LogP contribution in [0.2, 0.25) is 0 Å². The van der Waals surface area contributed by atoms with Crippen LogP contribution in [0.4, 0.5) is 0 Å². The third-order valence-corrected chi connectivity index (χ3v) is 4.87. The van der Waals surface area contributed by atoms with Crippen molar-refractivity contribution in [1.29, 1.82) is 0 Å². The lowest BCUT2D eigenvalue weighted by Crippen LogP contribution is -2.49. The van der Waals surface area contributed by atoms with Gasteiger partial charge in [0.05, 0.1) is 6.10 Å². The Morgan fingerprint density at radius 1 is 1.18 bits per heavy atom. The first-order chi connectivity index (χ1) is 10.8. The molecular weight excluding hydrogens is 276 g/mol. The quantitative estimate of drug-likeness (QED) is 0.927. The van der Waals surface area contributed by atoms with E-state index in [0.29, 0.717) is 12.6 Å². The van der Waals surface area contributed by atoms with Crippen molar-refractivity contribution in [3.8, 4) is 0 Å². The number of rotatable bonds is 4. The van der Waals surface area contributed by atoms with Crippen molar-refractivity contribution in [2.45, 2.75) is 56.8 Å². The number of carbonyl (C=O) groups excluding carboxylic acids is 1. The molecule has 2 N–H and O–H groups in total. The van der Waals surface area contributed by atoms with E-state index in [-0.39, 0.29) is 18.1 Å². The fraction of sp³-hybridized carbons (Fsp3) is 0.611. The third kappa shape index (κ3) is 3.50. The number of nitrogens with zero attached hydrogens (tertiary/aromatic N) is 1. The summed E-state index contributed by atoms with van der Waals surface area (Å²) in [5, 5.41) is 0. The molecule has 0 aromatic heterocycles. The zero-order chi connectivity index (χ0) is 15.4. The maximum Gasteiger partial charge on any atom is 0.251 e. The molecular formula is C18H26N2O2. The van der Waals surface area contributed by atoms with E-state index in [9.17, 15) is 4.79 Å². The lowest BCUT2D eigenvalue weighted by atomic mass is 9.95. The van der Waals surface area contributed by atoms with Crippen molar-refractivity contribution >= 4 is 5.91 Å². The zero-order valence-corrected chi connectivity index (χ0v) is 13.1. The van der Waals surface area contributed by atoms with Crippen LogP contribution >= 0.6 is 0 Å². The number of hydrogen-bond donors (Lipinski definition) is 1. The highest BCUT2D eigenvalue weighted by atomic mass is 16.5. The zero-order valence-electron chi connectivity index (χ0n) is 13.1. The van der Waals surface area contributed by atoms with E-state index in [4.69, 9.17) is 10.5 Å². The normalized spacial score (nSPS) is 28.8. The molecule has 1 aromatic carbocycles. The molecule has 0 aliphatic carbocycles. The lowest BCUT2D eigenvalue weighted by Gasteiger charge is -2.37. The van der Waals surface area contributed by atoms with Gasteiger partial charge in [-0.25, -0.2) is 0 Å². The Labute approximate surface area is 132 Å². The summed E-state index contributed by atoms with van der Waals surface area (Å²) < 4.78 is 5.81. The Morgan fingerprint density at radius 2 is 2.00 bits per heavy atom. The van der Waals surface area contributed by atoms with Gasteiger partial charge in [-0.05, 0) is 44.1 Å². The van der Waals surface area contributed by atoms with Gasteiger partial charge in [0.15, 0.2) is 0 Å². The van der Waals surface area contributed by atoms with Crippen molar-refractivity contribution < 1.29 is 9.53 Å². The first-order valence-electron chi connectivity index (χ1n) is 8.48. The maximum atomic E-state index is 12.8. The maximum absolute atomic E-state index is 12.8. The number of piperidine rings is 1. The Bertz CT molecular complexity index is 491. The van der Waals surface area contributed by atoms with Gasteiger partial charge in [0.25, 0.3) is 5.91 Å². The molecule has 0 saturated carbocycles. The van der Waals surface area contributed by atoms with E-state index in [1.165, 1.54) is 12.0 Å².